The van der Waals surface area contributed by atoms with Crippen molar-refractivity contribution in [2.45, 2.75) is 49.6 Å². The molecule has 0 unspecified atom stereocenters. The van der Waals surface area contributed by atoms with Crippen molar-refractivity contribution in [2.24, 2.45) is 0 Å². The maximum absolute atomic E-state index is 13.8. The van der Waals surface area contributed by atoms with Gasteiger partial charge in [0, 0.05) is 59.3 Å². The van der Waals surface area contributed by atoms with Gasteiger partial charge in [0.05, 0.1) is 10.5 Å². The van der Waals surface area contributed by atoms with Gasteiger partial charge in [-0.1, -0.05) is 42.6 Å². The average molecular weight is 665 g/mol. The number of aryl methyl sites for hydroxylation is 2. The van der Waals surface area contributed by atoms with E-state index < -0.39 is 49.9 Å². The van der Waals surface area contributed by atoms with Crippen LogP contribution in [-0.4, -0.2) is 40.6 Å². The molecule has 0 fully saturated rings. The molecule has 4 aromatic carbocycles. The molecule has 0 atom stereocenters. The van der Waals surface area contributed by atoms with Gasteiger partial charge in [-0.05, 0) is 61.6 Å². The standard InChI is InChI=1S/C34H32BF3N2O6S/c1-40(2)27-14-8-13-23-25(27)15-20(16-30(23)47(44,45)39-22-11-7-10-21(35)17-22)9-5-3-4-6-12-24-32-26(34(36,37)38)18-31(42)46-29(32)19-28(41)33(24)43/h7-8,10-11,13-19,39,41,43H,3-6,9,12H2,1-2H3. The molecule has 2 radical (unpaired) electrons. The van der Waals surface area contributed by atoms with Crippen molar-refractivity contribution in [3.8, 4) is 11.5 Å². The highest BCUT2D eigenvalue weighted by molar-refractivity contribution is 7.93. The second kappa shape index (κ2) is 13.2. The van der Waals surface area contributed by atoms with Crippen LogP contribution >= 0.6 is 0 Å². The van der Waals surface area contributed by atoms with Crippen LogP contribution in [0.25, 0.3) is 21.7 Å². The average Bonchev–Trinajstić information content (AvgIpc) is 2.98. The van der Waals surface area contributed by atoms with Gasteiger partial charge in [-0.25, -0.2) is 13.2 Å². The Balaban J connectivity index is 1.35. The first-order chi connectivity index (χ1) is 22.2. The van der Waals surface area contributed by atoms with Crippen LogP contribution in [0.3, 0.4) is 0 Å². The Hall–Kier alpha value is -4.65. The van der Waals surface area contributed by atoms with E-state index in [-0.39, 0.29) is 16.9 Å². The number of phenols is 2. The summed E-state index contributed by atoms with van der Waals surface area (Å²) in [4.78, 5) is 13.8. The van der Waals surface area contributed by atoms with Gasteiger partial charge in [-0.15, -0.1) is 0 Å². The van der Waals surface area contributed by atoms with E-state index in [1.165, 1.54) is 6.07 Å². The third-order valence-corrected chi connectivity index (χ3v) is 9.36. The lowest BCUT2D eigenvalue weighted by molar-refractivity contribution is -0.136. The fraction of sp³-hybridized carbons (Fsp3) is 0.265. The number of hydrogen-bond acceptors (Lipinski definition) is 7. The van der Waals surface area contributed by atoms with E-state index in [9.17, 15) is 36.6 Å². The third-order valence-electron chi connectivity index (χ3n) is 7.94. The third kappa shape index (κ3) is 7.35. The molecule has 5 aromatic rings. The molecule has 47 heavy (non-hydrogen) atoms. The number of unbranched alkanes of at least 4 members (excludes halogenated alkanes) is 3. The number of phenolic OH excluding ortho intramolecular Hbond substituents is 2. The summed E-state index contributed by atoms with van der Waals surface area (Å²) < 4.78 is 76.2. The molecule has 0 aliphatic carbocycles. The normalized spacial score (nSPS) is 12.1. The minimum absolute atomic E-state index is 0.00618. The number of sulfonamides is 1. The summed E-state index contributed by atoms with van der Waals surface area (Å²) in [6.45, 7) is 0. The summed E-state index contributed by atoms with van der Waals surface area (Å²) in [5, 5.41) is 21.4. The predicted molar refractivity (Wildman–Crippen MR) is 178 cm³/mol. The molecule has 1 aromatic heterocycles. The Labute approximate surface area is 270 Å². The van der Waals surface area contributed by atoms with E-state index in [0.29, 0.717) is 54.7 Å². The number of rotatable bonds is 11. The fourth-order valence-corrected chi connectivity index (χ4v) is 7.12. The highest BCUT2D eigenvalue weighted by Crippen LogP contribution is 2.42. The Morgan fingerprint density at radius 2 is 1.60 bits per heavy atom. The van der Waals surface area contributed by atoms with Crippen LogP contribution in [0.1, 0.15) is 42.4 Å². The molecule has 0 spiro atoms. The Bertz CT molecular complexity index is 2130. The minimum Gasteiger partial charge on any atom is -0.504 e. The van der Waals surface area contributed by atoms with Gasteiger partial charge in [-0.3, -0.25) is 4.72 Å². The second-order valence-electron chi connectivity index (χ2n) is 11.6. The van der Waals surface area contributed by atoms with Crippen LogP contribution in [0.4, 0.5) is 24.5 Å². The predicted octanol–water partition coefficient (Wildman–Crippen LogP) is 6.38. The van der Waals surface area contributed by atoms with Crippen LogP contribution in [0.2, 0.25) is 0 Å². The van der Waals surface area contributed by atoms with Crippen LogP contribution in [0.5, 0.6) is 11.5 Å². The number of aromatic hydroxyl groups is 2. The molecule has 244 valence electrons. The molecular formula is C34H32BF3N2O6S. The SMILES string of the molecule is [B]c1cccc(NS(=O)(=O)c2cc(CCCCCCc3c(O)c(O)cc4oc(=O)cc(C(F)(F)F)c34)cc3c(N(C)C)cccc23)c1. The number of alkyl halides is 3. The van der Waals surface area contributed by atoms with Gasteiger partial charge in [-0.2, -0.15) is 13.2 Å². The number of benzene rings is 4. The molecule has 0 saturated heterocycles. The van der Waals surface area contributed by atoms with Gasteiger partial charge in [0.2, 0.25) is 0 Å². The van der Waals surface area contributed by atoms with Crippen LogP contribution < -0.4 is 20.7 Å². The lowest BCUT2D eigenvalue weighted by Crippen LogP contribution is -2.16. The second-order valence-corrected chi connectivity index (χ2v) is 13.2. The summed E-state index contributed by atoms with van der Waals surface area (Å²) in [5.41, 5.74) is -0.676. The minimum atomic E-state index is -4.88. The molecule has 1 heterocycles. The van der Waals surface area contributed by atoms with Crippen molar-refractivity contribution < 1.29 is 36.2 Å². The molecule has 5 rings (SSSR count). The number of anilines is 2. The molecular weight excluding hydrogens is 632 g/mol. The molecule has 0 saturated carbocycles. The topological polar surface area (TPSA) is 120 Å². The van der Waals surface area contributed by atoms with Crippen LogP contribution in [-0.2, 0) is 29.0 Å². The van der Waals surface area contributed by atoms with Gasteiger partial charge in [0.25, 0.3) is 10.0 Å². The van der Waals surface area contributed by atoms with Gasteiger partial charge in [0.1, 0.15) is 13.4 Å². The molecule has 8 nitrogen and oxygen atoms in total. The smallest absolute Gasteiger partial charge is 0.417 e. The van der Waals surface area contributed by atoms with Crippen LogP contribution in [0, 0.1) is 0 Å². The molecule has 13 heteroatoms. The molecule has 0 aliphatic heterocycles. The number of nitrogens with one attached hydrogen (secondary N) is 1. The first-order valence-corrected chi connectivity index (χ1v) is 16.3. The molecule has 0 bridgehead atoms. The van der Waals surface area contributed by atoms with Crippen LogP contribution in [0.15, 0.2) is 80.8 Å². The van der Waals surface area contributed by atoms with Crippen molar-refractivity contribution in [1.82, 2.24) is 0 Å². The van der Waals surface area contributed by atoms with E-state index in [2.05, 4.69) is 4.72 Å². The zero-order valence-corrected chi connectivity index (χ0v) is 26.5. The van der Waals surface area contributed by atoms with E-state index in [0.717, 1.165) is 22.7 Å². The van der Waals surface area contributed by atoms with E-state index in [1.54, 1.807) is 36.4 Å². The zero-order valence-electron chi connectivity index (χ0n) is 25.7. The van der Waals surface area contributed by atoms with E-state index in [1.807, 2.05) is 31.1 Å². The maximum Gasteiger partial charge on any atom is 0.417 e. The van der Waals surface area contributed by atoms with Crippen molar-refractivity contribution in [3.63, 3.8) is 0 Å². The van der Waals surface area contributed by atoms with Gasteiger partial charge >= 0.3 is 11.8 Å². The summed E-state index contributed by atoms with van der Waals surface area (Å²) in [6, 6.07) is 16.7. The van der Waals surface area contributed by atoms with Crippen molar-refractivity contribution in [3.05, 3.63) is 93.8 Å². The molecule has 3 N–H and O–H groups in total. The van der Waals surface area contributed by atoms with Crippen molar-refractivity contribution >= 4 is 56.4 Å². The largest absolute Gasteiger partial charge is 0.504 e. The highest BCUT2D eigenvalue weighted by atomic mass is 32.2. The zero-order chi connectivity index (χ0) is 34.1. The Morgan fingerprint density at radius 1 is 0.894 bits per heavy atom. The van der Waals surface area contributed by atoms with Crippen molar-refractivity contribution in [1.29, 1.82) is 0 Å². The number of hydrogen-bond donors (Lipinski definition) is 3. The first kappa shape index (κ1) is 33.7. The summed E-state index contributed by atoms with van der Waals surface area (Å²) in [7, 11) is 5.59. The number of fused-ring (bicyclic) bond motifs is 2. The van der Waals surface area contributed by atoms with Crippen molar-refractivity contribution in [2.75, 3.05) is 23.7 Å². The monoisotopic (exact) mass is 664 g/mol. The quantitative estimate of drug-likeness (QED) is 0.0649. The summed E-state index contributed by atoms with van der Waals surface area (Å²) >= 11 is 0. The molecule has 0 aliphatic rings. The summed E-state index contributed by atoms with van der Waals surface area (Å²) in [6.07, 6.45) is -2.13. The fourth-order valence-electron chi connectivity index (χ4n) is 5.80. The first-order valence-electron chi connectivity index (χ1n) is 14.9. The summed E-state index contributed by atoms with van der Waals surface area (Å²) in [5.74, 6) is -1.37. The van der Waals surface area contributed by atoms with Gasteiger partial charge in [0.15, 0.2) is 11.5 Å². The Morgan fingerprint density at radius 3 is 2.28 bits per heavy atom. The lowest BCUT2D eigenvalue weighted by Gasteiger charge is -2.19. The van der Waals surface area contributed by atoms with Gasteiger partial charge < -0.3 is 19.5 Å². The molecule has 0 amide bonds. The maximum atomic E-state index is 13.8. The number of nitrogens with zero attached hydrogens (tertiary/aromatic N) is 1. The Kier molecular flexibility index (Phi) is 9.49. The number of halogens is 3. The highest BCUT2D eigenvalue weighted by Gasteiger charge is 2.35. The van der Waals surface area contributed by atoms with E-state index in [4.69, 9.17) is 12.3 Å². The van der Waals surface area contributed by atoms with E-state index >= 15 is 0 Å². The lowest BCUT2D eigenvalue weighted by atomic mass is 9.96.